The lowest BCUT2D eigenvalue weighted by Crippen LogP contribution is -2.30. The average molecular weight is 293 g/mol. The predicted molar refractivity (Wildman–Crippen MR) is 77.7 cm³/mol. The van der Waals surface area contributed by atoms with Crippen molar-refractivity contribution in [1.29, 1.82) is 0 Å². The Bertz CT molecular complexity index is 692. The van der Waals surface area contributed by atoms with Gasteiger partial charge in [0.1, 0.15) is 0 Å². The van der Waals surface area contributed by atoms with E-state index in [-0.39, 0.29) is 0 Å². The molecule has 1 heterocycles. The van der Waals surface area contributed by atoms with Gasteiger partial charge in [-0.15, -0.1) is 0 Å². The van der Waals surface area contributed by atoms with Crippen molar-refractivity contribution in [3.63, 3.8) is 0 Å². The molecule has 2 aromatic rings. The standard InChI is InChI=1S/C14H19N3O2S/c1-4-17(11-13-9-15-16(3)10-13)20(18,19)14-7-5-6-12(2)8-14/h5-10H,4,11H2,1-3H3. The highest BCUT2D eigenvalue weighted by Gasteiger charge is 2.23. The molecule has 0 spiro atoms. The fourth-order valence-corrected chi connectivity index (χ4v) is 3.59. The summed E-state index contributed by atoms with van der Waals surface area (Å²) >= 11 is 0. The van der Waals surface area contributed by atoms with E-state index >= 15 is 0 Å². The molecule has 0 unspecified atom stereocenters. The highest BCUT2D eigenvalue weighted by molar-refractivity contribution is 7.89. The molecule has 0 aliphatic heterocycles. The molecule has 1 aromatic carbocycles. The maximum atomic E-state index is 12.6. The molecule has 0 saturated carbocycles. The summed E-state index contributed by atoms with van der Waals surface area (Å²) in [5.74, 6) is 0. The molecule has 0 atom stereocenters. The number of nitrogens with zero attached hydrogens (tertiary/aromatic N) is 3. The monoisotopic (exact) mass is 293 g/mol. The van der Waals surface area contributed by atoms with Gasteiger partial charge in [-0.3, -0.25) is 4.68 Å². The predicted octanol–water partition coefficient (Wildman–Crippen LogP) is 1.94. The van der Waals surface area contributed by atoms with Crippen LogP contribution in [-0.2, 0) is 23.6 Å². The molecule has 0 aliphatic carbocycles. The smallest absolute Gasteiger partial charge is 0.243 e. The maximum absolute atomic E-state index is 12.6. The summed E-state index contributed by atoms with van der Waals surface area (Å²) < 4.78 is 28.4. The Labute approximate surface area is 119 Å². The Morgan fingerprint density at radius 2 is 2.10 bits per heavy atom. The minimum absolute atomic E-state index is 0.334. The van der Waals surface area contributed by atoms with Gasteiger partial charge in [0.05, 0.1) is 11.1 Å². The second-order valence-electron chi connectivity index (χ2n) is 4.77. The van der Waals surface area contributed by atoms with E-state index in [2.05, 4.69) is 5.10 Å². The molecule has 0 N–H and O–H groups in total. The Morgan fingerprint density at radius 1 is 1.35 bits per heavy atom. The van der Waals surface area contributed by atoms with E-state index in [0.29, 0.717) is 18.0 Å². The summed E-state index contributed by atoms with van der Waals surface area (Å²) in [6, 6.07) is 6.98. The first-order valence-electron chi connectivity index (χ1n) is 6.48. The quantitative estimate of drug-likeness (QED) is 0.846. The summed E-state index contributed by atoms with van der Waals surface area (Å²) in [5, 5.41) is 4.07. The van der Waals surface area contributed by atoms with Crippen LogP contribution < -0.4 is 0 Å². The highest BCUT2D eigenvalue weighted by Crippen LogP contribution is 2.18. The number of aryl methyl sites for hydroxylation is 2. The second kappa shape index (κ2) is 5.76. The molecule has 5 nitrogen and oxygen atoms in total. The van der Waals surface area contributed by atoms with E-state index in [9.17, 15) is 8.42 Å². The number of hydrogen-bond donors (Lipinski definition) is 0. The number of benzene rings is 1. The number of aromatic nitrogens is 2. The van der Waals surface area contributed by atoms with Gasteiger partial charge in [-0.25, -0.2) is 8.42 Å². The summed E-state index contributed by atoms with van der Waals surface area (Å²) in [5.41, 5.74) is 1.81. The molecule has 0 bridgehead atoms. The first-order valence-corrected chi connectivity index (χ1v) is 7.92. The topological polar surface area (TPSA) is 55.2 Å². The minimum atomic E-state index is -3.47. The van der Waals surface area contributed by atoms with Gasteiger partial charge >= 0.3 is 0 Å². The lowest BCUT2D eigenvalue weighted by molar-refractivity contribution is 0.423. The van der Waals surface area contributed by atoms with Crippen LogP contribution in [0.5, 0.6) is 0 Å². The van der Waals surface area contributed by atoms with Gasteiger partial charge in [-0.05, 0) is 24.6 Å². The fourth-order valence-electron chi connectivity index (χ4n) is 2.05. The van der Waals surface area contributed by atoms with Crippen LogP contribution in [0.4, 0.5) is 0 Å². The first-order chi connectivity index (χ1) is 9.43. The zero-order valence-corrected chi connectivity index (χ0v) is 12.8. The molecule has 0 radical (unpaired) electrons. The van der Waals surface area contributed by atoms with Gasteiger partial charge in [0.15, 0.2) is 0 Å². The zero-order valence-electron chi connectivity index (χ0n) is 11.9. The van der Waals surface area contributed by atoms with Crippen molar-refractivity contribution in [2.45, 2.75) is 25.3 Å². The third-order valence-electron chi connectivity index (χ3n) is 3.10. The van der Waals surface area contributed by atoms with Crippen LogP contribution in [0.3, 0.4) is 0 Å². The summed E-state index contributed by atoms with van der Waals surface area (Å²) in [6.07, 6.45) is 3.52. The SMILES string of the molecule is CCN(Cc1cnn(C)c1)S(=O)(=O)c1cccc(C)c1. The van der Waals surface area contributed by atoms with E-state index in [1.807, 2.05) is 33.2 Å². The molecule has 108 valence electrons. The molecule has 0 aliphatic rings. The van der Waals surface area contributed by atoms with Crippen molar-refractivity contribution in [3.8, 4) is 0 Å². The average Bonchev–Trinajstić information content (AvgIpc) is 2.81. The lowest BCUT2D eigenvalue weighted by Gasteiger charge is -2.20. The van der Waals surface area contributed by atoms with Crippen LogP contribution in [0.1, 0.15) is 18.1 Å². The van der Waals surface area contributed by atoms with Crippen LogP contribution in [0, 0.1) is 6.92 Å². The van der Waals surface area contributed by atoms with Gasteiger partial charge in [-0.1, -0.05) is 19.1 Å². The Balaban J connectivity index is 2.30. The largest absolute Gasteiger partial charge is 0.275 e. The number of hydrogen-bond acceptors (Lipinski definition) is 3. The van der Waals surface area contributed by atoms with Crippen LogP contribution in [-0.4, -0.2) is 29.0 Å². The molecule has 0 fully saturated rings. The summed E-state index contributed by atoms with van der Waals surface area (Å²) in [7, 11) is -1.65. The van der Waals surface area contributed by atoms with Gasteiger partial charge in [0.2, 0.25) is 10.0 Å². The van der Waals surface area contributed by atoms with Crippen molar-refractivity contribution in [3.05, 3.63) is 47.8 Å². The van der Waals surface area contributed by atoms with Crippen molar-refractivity contribution in [2.24, 2.45) is 7.05 Å². The summed E-state index contributed by atoms with van der Waals surface area (Å²) in [4.78, 5) is 0.336. The Morgan fingerprint density at radius 3 is 2.65 bits per heavy atom. The Kier molecular flexibility index (Phi) is 4.25. The third-order valence-corrected chi connectivity index (χ3v) is 5.01. The van der Waals surface area contributed by atoms with E-state index in [4.69, 9.17) is 0 Å². The van der Waals surface area contributed by atoms with Gasteiger partial charge < -0.3 is 0 Å². The van der Waals surface area contributed by atoms with E-state index in [0.717, 1.165) is 11.1 Å². The maximum Gasteiger partial charge on any atom is 0.243 e. The van der Waals surface area contributed by atoms with E-state index < -0.39 is 10.0 Å². The molecule has 20 heavy (non-hydrogen) atoms. The van der Waals surface area contributed by atoms with Crippen LogP contribution in [0.15, 0.2) is 41.6 Å². The van der Waals surface area contributed by atoms with Crippen molar-refractivity contribution >= 4 is 10.0 Å². The zero-order chi connectivity index (χ0) is 14.8. The highest BCUT2D eigenvalue weighted by atomic mass is 32.2. The first kappa shape index (κ1) is 14.7. The van der Waals surface area contributed by atoms with Crippen LogP contribution >= 0.6 is 0 Å². The molecule has 0 saturated heterocycles. The second-order valence-corrected chi connectivity index (χ2v) is 6.71. The Hall–Kier alpha value is -1.66. The van der Waals surface area contributed by atoms with Gasteiger partial charge in [-0.2, -0.15) is 9.40 Å². The summed E-state index contributed by atoms with van der Waals surface area (Å²) in [6.45, 7) is 4.48. The minimum Gasteiger partial charge on any atom is -0.275 e. The van der Waals surface area contributed by atoms with Crippen molar-refractivity contribution in [2.75, 3.05) is 6.54 Å². The molecule has 6 heteroatoms. The number of rotatable bonds is 5. The van der Waals surface area contributed by atoms with Crippen molar-refractivity contribution < 1.29 is 8.42 Å². The number of sulfonamides is 1. The molecule has 2 rings (SSSR count). The molecular formula is C14H19N3O2S. The van der Waals surface area contributed by atoms with E-state index in [1.54, 1.807) is 29.1 Å². The van der Waals surface area contributed by atoms with Crippen molar-refractivity contribution in [1.82, 2.24) is 14.1 Å². The van der Waals surface area contributed by atoms with Gasteiger partial charge in [0.25, 0.3) is 0 Å². The lowest BCUT2D eigenvalue weighted by atomic mass is 10.2. The van der Waals surface area contributed by atoms with E-state index in [1.165, 1.54) is 4.31 Å². The van der Waals surface area contributed by atoms with Crippen LogP contribution in [0.25, 0.3) is 0 Å². The van der Waals surface area contributed by atoms with Crippen LogP contribution in [0.2, 0.25) is 0 Å². The molecular weight excluding hydrogens is 274 g/mol. The normalized spacial score (nSPS) is 12.0. The van der Waals surface area contributed by atoms with Gasteiger partial charge in [0, 0.05) is 31.9 Å². The molecule has 0 amide bonds. The fraction of sp³-hybridized carbons (Fsp3) is 0.357. The molecule has 1 aromatic heterocycles. The third kappa shape index (κ3) is 3.08.